The summed E-state index contributed by atoms with van der Waals surface area (Å²) >= 11 is 0. The highest BCUT2D eigenvalue weighted by Crippen LogP contribution is 2.26. The molecule has 1 aliphatic rings. The molecule has 0 saturated carbocycles. The predicted molar refractivity (Wildman–Crippen MR) is 303 cm³/mol. The molecule has 0 spiro atoms. The van der Waals surface area contributed by atoms with Crippen molar-refractivity contribution in [2.45, 2.75) is 282 Å². The van der Waals surface area contributed by atoms with Crippen LogP contribution in [-0.4, -0.2) is 97.5 Å². The third-order valence-corrected chi connectivity index (χ3v) is 13.8. The molecule has 1 aliphatic heterocycles. The molecule has 12 nitrogen and oxygen atoms in total. The largest absolute Gasteiger partial charge is 0.457 e. The molecule has 1 rings (SSSR count). The van der Waals surface area contributed by atoms with Crippen molar-refractivity contribution < 1.29 is 56.2 Å². The Bertz CT molecular complexity index is 1560. The minimum absolute atomic E-state index is 0.0290. The van der Waals surface area contributed by atoms with Crippen molar-refractivity contribution in [3.63, 3.8) is 0 Å². The molecule has 0 aliphatic carbocycles. The maximum absolute atomic E-state index is 13.0. The van der Waals surface area contributed by atoms with Crippen LogP contribution >= 0.6 is 0 Å². The molecule has 74 heavy (non-hydrogen) atoms. The number of carbonyl (C=O) groups excluding carboxylic acids is 1. The van der Waals surface area contributed by atoms with Crippen LogP contribution in [0.25, 0.3) is 0 Å². The maximum Gasteiger partial charge on any atom is 0.397 e. The summed E-state index contributed by atoms with van der Waals surface area (Å²) < 4.78 is 59.5. The van der Waals surface area contributed by atoms with E-state index in [0.29, 0.717) is 13.0 Å². The second-order valence-electron chi connectivity index (χ2n) is 20.2. The third kappa shape index (κ3) is 43.6. The first-order valence-electron chi connectivity index (χ1n) is 29.7. The number of hydrogen-bond donors (Lipinski definition) is 4. The second-order valence-corrected chi connectivity index (χ2v) is 21.3. The number of carbonyl (C=O) groups is 1. The van der Waals surface area contributed by atoms with Gasteiger partial charge in [0.1, 0.15) is 30.5 Å². The highest BCUT2D eigenvalue weighted by molar-refractivity contribution is 7.80. The number of ether oxygens (including phenoxy) is 4. The lowest BCUT2D eigenvalue weighted by Gasteiger charge is -2.41. The summed E-state index contributed by atoms with van der Waals surface area (Å²) in [5, 5.41) is 30.9. The number of aliphatic hydroxyl groups excluding tert-OH is 3. The molecule has 13 heteroatoms. The van der Waals surface area contributed by atoms with Crippen molar-refractivity contribution in [2.75, 3.05) is 26.4 Å². The average Bonchev–Trinajstić information content (AvgIpc) is 3.38. The van der Waals surface area contributed by atoms with E-state index in [-0.39, 0.29) is 19.6 Å². The zero-order valence-electron chi connectivity index (χ0n) is 46.6. The van der Waals surface area contributed by atoms with Gasteiger partial charge in [-0.25, -0.2) is 4.18 Å². The van der Waals surface area contributed by atoms with Gasteiger partial charge in [0.15, 0.2) is 6.29 Å². The molecule has 1 fully saturated rings. The first-order valence-corrected chi connectivity index (χ1v) is 31.1. The SMILES string of the molecule is CC/C=C\C/C=C\C/C=C\C/C=C\C/C=C\CCCCCCCCCC(=O)OC(COCCCCCCCCCCCCCC/C=C\CCCCCCCCCC)COC1OC(CO)C(O)C(OS(=O)(=O)O)C1O. The van der Waals surface area contributed by atoms with Gasteiger partial charge in [0, 0.05) is 13.0 Å². The topological polar surface area (TPSA) is 178 Å². The molecule has 0 bridgehead atoms. The Hall–Kier alpha value is -2.46. The van der Waals surface area contributed by atoms with Crippen LogP contribution < -0.4 is 0 Å². The van der Waals surface area contributed by atoms with Gasteiger partial charge in [0.25, 0.3) is 0 Å². The Morgan fingerprint density at radius 2 is 0.932 bits per heavy atom. The number of hydrogen-bond acceptors (Lipinski definition) is 11. The lowest BCUT2D eigenvalue weighted by Crippen LogP contribution is -2.60. The molecule has 0 aromatic rings. The van der Waals surface area contributed by atoms with Gasteiger partial charge in [0.2, 0.25) is 0 Å². The van der Waals surface area contributed by atoms with E-state index < -0.39 is 59.8 Å². The summed E-state index contributed by atoms with van der Waals surface area (Å²) in [4.78, 5) is 13.0. The van der Waals surface area contributed by atoms with Crippen LogP contribution in [0.2, 0.25) is 0 Å². The summed E-state index contributed by atoms with van der Waals surface area (Å²) in [7, 11) is -5.07. The fourth-order valence-corrected chi connectivity index (χ4v) is 9.38. The smallest absolute Gasteiger partial charge is 0.397 e. The van der Waals surface area contributed by atoms with Crippen LogP contribution in [0, 0.1) is 0 Å². The highest BCUT2D eigenvalue weighted by Gasteiger charge is 2.48. The van der Waals surface area contributed by atoms with E-state index in [2.05, 4.69) is 90.9 Å². The van der Waals surface area contributed by atoms with Crippen molar-refractivity contribution in [2.24, 2.45) is 0 Å². The van der Waals surface area contributed by atoms with Crippen LogP contribution in [0.3, 0.4) is 0 Å². The van der Waals surface area contributed by atoms with E-state index in [1.165, 1.54) is 135 Å². The van der Waals surface area contributed by atoms with Gasteiger partial charge in [0.05, 0.1) is 19.8 Å². The maximum atomic E-state index is 13.0. The predicted octanol–water partition coefficient (Wildman–Crippen LogP) is 15.0. The summed E-state index contributed by atoms with van der Waals surface area (Å²) in [6.07, 6.45) is 59.4. The molecule has 0 aromatic carbocycles. The van der Waals surface area contributed by atoms with Gasteiger partial charge in [-0.2, -0.15) is 8.42 Å². The van der Waals surface area contributed by atoms with E-state index in [4.69, 9.17) is 18.9 Å². The molecule has 6 atom stereocenters. The zero-order valence-corrected chi connectivity index (χ0v) is 47.5. The quantitative estimate of drug-likeness (QED) is 0.0196. The van der Waals surface area contributed by atoms with Crippen molar-refractivity contribution in [3.05, 3.63) is 72.9 Å². The lowest BCUT2D eigenvalue weighted by atomic mass is 9.99. The van der Waals surface area contributed by atoms with Crippen LogP contribution in [0.5, 0.6) is 0 Å². The Labute approximate surface area is 451 Å². The van der Waals surface area contributed by atoms with E-state index in [1.54, 1.807) is 0 Å². The van der Waals surface area contributed by atoms with Crippen molar-refractivity contribution in [1.82, 2.24) is 0 Å². The summed E-state index contributed by atoms with van der Waals surface area (Å²) in [6, 6.07) is 0. The average molecular weight is 1070 g/mol. The fraction of sp³-hybridized carbons (Fsp3) is 0.787. The molecule has 1 saturated heterocycles. The highest BCUT2D eigenvalue weighted by atomic mass is 32.3. The van der Waals surface area contributed by atoms with E-state index in [9.17, 15) is 33.1 Å². The van der Waals surface area contributed by atoms with Gasteiger partial charge in [-0.1, -0.05) is 228 Å². The first-order chi connectivity index (χ1) is 36.1. The Morgan fingerprint density at radius 3 is 1.38 bits per heavy atom. The number of rotatable bonds is 52. The van der Waals surface area contributed by atoms with Gasteiger partial charge < -0.3 is 34.3 Å². The zero-order chi connectivity index (χ0) is 53.8. The van der Waals surface area contributed by atoms with Gasteiger partial charge in [-0.3, -0.25) is 9.35 Å². The fourth-order valence-electron chi connectivity index (χ4n) is 8.87. The molecule has 0 radical (unpaired) electrons. The Balaban J connectivity index is 2.30. The minimum Gasteiger partial charge on any atom is -0.457 e. The molecule has 4 N–H and O–H groups in total. The van der Waals surface area contributed by atoms with E-state index in [0.717, 1.165) is 83.5 Å². The first kappa shape index (κ1) is 69.6. The summed E-state index contributed by atoms with van der Waals surface area (Å²) in [5.74, 6) is -0.409. The molecule has 1 heterocycles. The molecule has 430 valence electrons. The van der Waals surface area contributed by atoms with E-state index >= 15 is 0 Å². The summed E-state index contributed by atoms with van der Waals surface area (Å²) in [6.45, 7) is 3.89. The number of unbranched alkanes of at least 4 members (excludes halogenated alkanes) is 27. The third-order valence-electron chi connectivity index (χ3n) is 13.3. The molecule has 6 unspecified atom stereocenters. The normalized spacial score (nSPS) is 19.2. The van der Waals surface area contributed by atoms with Gasteiger partial charge >= 0.3 is 16.4 Å². The standard InChI is InChI=1S/C61H108O12S/c1-3-5-7-9-11-13-15-17-19-21-23-25-27-29-31-33-35-37-39-41-43-45-47-49-51-69-53-55(54-70-61-59(65)60(73-74(66,67)68)58(64)56(52-62)72-61)71-57(63)50-48-46-44-42-40-38-36-34-32-30-28-26-24-22-20-18-16-14-12-10-8-6-4-2/h6,8,12,14,18,20-21,23-24,26,30,32,55-56,58-62,64-65H,3-5,7,9-11,13,15-17,19,22,25,27-29,31,33-54H2,1-2H3,(H,66,67,68)/b8-6-,14-12-,20-18-,23-21-,26-24-,32-30-. The number of aliphatic hydroxyl groups is 3. The van der Waals surface area contributed by atoms with Gasteiger partial charge in [-0.05, 0) is 83.5 Å². The number of allylic oxidation sites excluding steroid dienone is 12. The summed E-state index contributed by atoms with van der Waals surface area (Å²) in [5.41, 5.74) is 0. The number of esters is 1. The monoisotopic (exact) mass is 1060 g/mol. The van der Waals surface area contributed by atoms with Crippen LogP contribution in [-0.2, 0) is 38.3 Å². The Kier molecular flexibility index (Phi) is 48.2. The van der Waals surface area contributed by atoms with Gasteiger partial charge in [-0.15, -0.1) is 0 Å². The van der Waals surface area contributed by atoms with Crippen LogP contribution in [0.4, 0.5) is 0 Å². The Morgan fingerprint density at radius 1 is 0.527 bits per heavy atom. The van der Waals surface area contributed by atoms with Crippen molar-refractivity contribution in [3.8, 4) is 0 Å². The van der Waals surface area contributed by atoms with E-state index in [1.807, 2.05) is 0 Å². The van der Waals surface area contributed by atoms with Crippen LogP contribution in [0.15, 0.2) is 72.9 Å². The van der Waals surface area contributed by atoms with Crippen molar-refractivity contribution >= 4 is 16.4 Å². The molecule has 0 amide bonds. The minimum atomic E-state index is -5.07. The molecule has 0 aromatic heterocycles. The molecular formula is C61H108O12S. The second kappa shape index (κ2) is 51.3. The lowest BCUT2D eigenvalue weighted by molar-refractivity contribution is -0.301. The van der Waals surface area contributed by atoms with Crippen molar-refractivity contribution in [1.29, 1.82) is 0 Å². The van der Waals surface area contributed by atoms with Crippen LogP contribution in [0.1, 0.15) is 245 Å². The molecular weight excluding hydrogens is 957 g/mol.